The summed E-state index contributed by atoms with van der Waals surface area (Å²) in [6, 6.07) is 8.12. The molecule has 128 valence electrons. The van der Waals surface area contributed by atoms with Crippen LogP contribution in [0.2, 0.25) is 5.02 Å². The predicted molar refractivity (Wildman–Crippen MR) is 95.9 cm³/mol. The van der Waals surface area contributed by atoms with Crippen LogP contribution < -0.4 is 4.90 Å². The van der Waals surface area contributed by atoms with E-state index in [0.717, 1.165) is 12.1 Å². The topological polar surface area (TPSA) is 52.9 Å². The highest BCUT2D eigenvalue weighted by molar-refractivity contribution is 7.80. The molecule has 1 aliphatic heterocycles. The molecule has 3 rings (SSSR count). The number of hydrogen-bond acceptors (Lipinski definition) is 3. The summed E-state index contributed by atoms with van der Waals surface area (Å²) in [6.07, 6.45) is 0. The number of aliphatic imine (C=N–C) groups is 1. The summed E-state index contributed by atoms with van der Waals surface area (Å²) >= 11 is 11.3. The average molecular weight is 381 g/mol. The minimum atomic E-state index is -1.09. The van der Waals surface area contributed by atoms with Crippen molar-refractivity contribution >= 4 is 46.2 Å². The van der Waals surface area contributed by atoms with Crippen molar-refractivity contribution in [2.24, 2.45) is 4.99 Å². The summed E-state index contributed by atoms with van der Waals surface area (Å²) < 4.78 is 28.5. The van der Waals surface area contributed by atoms with E-state index < -0.39 is 24.1 Å². The Morgan fingerprint density at radius 1 is 1.28 bits per heavy atom. The van der Waals surface area contributed by atoms with Crippen LogP contribution in [0.25, 0.3) is 0 Å². The minimum Gasteiger partial charge on any atom is -0.480 e. The molecule has 4 nitrogen and oxygen atoms in total. The van der Waals surface area contributed by atoms with E-state index in [0.29, 0.717) is 16.3 Å². The zero-order chi connectivity index (χ0) is 18.1. The van der Waals surface area contributed by atoms with E-state index in [-0.39, 0.29) is 22.8 Å². The van der Waals surface area contributed by atoms with Crippen molar-refractivity contribution in [3.05, 3.63) is 64.2 Å². The van der Waals surface area contributed by atoms with Gasteiger partial charge >= 0.3 is 5.97 Å². The predicted octanol–water partition coefficient (Wildman–Crippen LogP) is 3.69. The molecule has 0 saturated carbocycles. The molecule has 0 atom stereocenters. The Balaban J connectivity index is 2.25. The highest BCUT2D eigenvalue weighted by atomic mass is 35.5. The van der Waals surface area contributed by atoms with Crippen molar-refractivity contribution in [1.82, 2.24) is 0 Å². The summed E-state index contributed by atoms with van der Waals surface area (Å²) in [6.45, 7) is -0.464. The average Bonchev–Trinajstić information content (AvgIpc) is 2.66. The van der Waals surface area contributed by atoms with Gasteiger partial charge in [-0.1, -0.05) is 29.9 Å². The van der Waals surface area contributed by atoms with Crippen LogP contribution in [0, 0.1) is 11.6 Å². The normalized spacial score (nSPS) is 14.0. The third-order valence-corrected chi connectivity index (χ3v) is 4.26. The molecule has 0 saturated heterocycles. The maximum absolute atomic E-state index is 14.3. The van der Waals surface area contributed by atoms with Crippen LogP contribution >= 0.6 is 23.8 Å². The lowest BCUT2D eigenvalue weighted by atomic mass is 9.99. The number of rotatable bonds is 3. The highest BCUT2D eigenvalue weighted by Gasteiger charge is 2.27. The van der Waals surface area contributed by atoms with Crippen LogP contribution in [-0.2, 0) is 4.79 Å². The van der Waals surface area contributed by atoms with Crippen LogP contribution in [0.4, 0.5) is 14.5 Å². The SMILES string of the molecule is O=C(O)CN1C(=S)CN=C(c2c(F)cccc2F)c2cc(Cl)ccc21. The first-order valence-corrected chi connectivity index (χ1v) is 7.98. The van der Waals surface area contributed by atoms with Gasteiger partial charge in [0.15, 0.2) is 0 Å². The molecule has 0 spiro atoms. The summed E-state index contributed by atoms with van der Waals surface area (Å²) in [4.78, 5) is 17.0. The molecule has 0 unspecified atom stereocenters. The van der Waals surface area contributed by atoms with Gasteiger partial charge in [-0.3, -0.25) is 9.79 Å². The van der Waals surface area contributed by atoms with Crippen molar-refractivity contribution in [3.63, 3.8) is 0 Å². The van der Waals surface area contributed by atoms with Crippen LogP contribution in [0.15, 0.2) is 41.4 Å². The lowest BCUT2D eigenvalue weighted by Gasteiger charge is -2.23. The fourth-order valence-electron chi connectivity index (χ4n) is 2.63. The molecule has 2 aromatic rings. The number of nitrogens with zero attached hydrogens (tertiary/aromatic N) is 2. The molecule has 2 aromatic carbocycles. The van der Waals surface area contributed by atoms with Crippen LogP contribution in [0.1, 0.15) is 11.1 Å². The fourth-order valence-corrected chi connectivity index (χ4v) is 3.03. The Morgan fingerprint density at radius 3 is 2.60 bits per heavy atom. The smallest absolute Gasteiger partial charge is 0.323 e. The number of benzene rings is 2. The van der Waals surface area contributed by atoms with Crippen molar-refractivity contribution in [1.29, 1.82) is 0 Å². The number of benzodiazepines with no additional fused rings is 1. The van der Waals surface area contributed by atoms with E-state index in [9.17, 15) is 13.6 Å². The maximum atomic E-state index is 14.3. The third-order valence-electron chi connectivity index (χ3n) is 3.67. The van der Waals surface area contributed by atoms with Crippen molar-refractivity contribution in [3.8, 4) is 0 Å². The molecule has 8 heteroatoms. The first-order valence-electron chi connectivity index (χ1n) is 7.19. The zero-order valence-electron chi connectivity index (χ0n) is 12.7. The van der Waals surface area contributed by atoms with E-state index >= 15 is 0 Å². The number of thiocarbonyl (C=S) groups is 1. The molecule has 0 aliphatic carbocycles. The van der Waals surface area contributed by atoms with E-state index in [1.807, 2.05) is 0 Å². The second kappa shape index (κ2) is 6.85. The molecule has 0 bridgehead atoms. The molecular weight excluding hydrogens is 370 g/mol. The van der Waals surface area contributed by atoms with E-state index in [1.165, 1.54) is 17.0 Å². The van der Waals surface area contributed by atoms with Gasteiger partial charge in [0, 0.05) is 10.6 Å². The number of fused-ring (bicyclic) bond motifs is 1. The Hall–Kier alpha value is -2.38. The molecule has 0 fully saturated rings. The van der Waals surface area contributed by atoms with Crippen LogP contribution in [0.3, 0.4) is 0 Å². The second-order valence-corrected chi connectivity index (χ2v) is 6.20. The van der Waals surface area contributed by atoms with Crippen molar-refractivity contribution < 1.29 is 18.7 Å². The number of carboxylic acid groups (broad SMARTS) is 1. The quantitative estimate of drug-likeness (QED) is 0.825. The van der Waals surface area contributed by atoms with Crippen molar-refractivity contribution in [2.45, 2.75) is 0 Å². The lowest BCUT2D eigenvalue weighted by Crippen LogP contribution is -2.35. The molecule has 0 aromatic heterocycles. The summed E-state index contributed by atoms with van der Waals surface area (Å²) in [5.74, 6) is -2.65. The number of halogens is 3. The number of anilines is 1. The largest absolute Gasteiger partial charge is 0.480 e. The Morgan fingerprint density at radius 2 is 1.96 bits per heavy atom. The summed E-state index contributed by atoms with van der Waals surface area (Å²) in [5, 5.41) is 9.47. The molecule has 0 radical (unpaired) electrons. The summed E-state index contributed by atoms with van der Waals surface area (Å²) in [7, 11) is 0. The summed E-state index contributed by atoms with van der Waals surface area (Å²) in [5.41, 5.74) is 0.447. The van der Waals surface area contributed by atoms with Crippen LogP contribution in [-0.4, -0.2) is 34.9 Å². The molecule has 1 N–H and O–H groups in total. The Labute approximate surface area is 152 Å². The minimum absolute atomic E-state index is 0.0448. The number of hydrogen-bond donors (Lipinski definition) is 1. The second-order valence-electron chi connectivity index (χ2n) is 5.30. The Kier molecular flexibility index (Phi) is 4.78. The van der Waals surface area contributed by atoms with Gasteiger partial charge in [-0.05, 0) is 30.3 Å². The Bertz CT molecular complexity index is 897. The molecule has 25 heavy (non-hydrogen) atoms. The lowest BCUT2D eigenvalue weighted by molar-refractivity contribution is -0.135. The molecule has 0 amide bonds. The van der Waals surface area contributed by atoms with Gasteiger partial charge in [-0.2, -0.15) is 0 Å². The number of carboxylic acids is 1. The molecule has 1 heterocycles. The van der Waals surface area contributed by atoms with Crippen molar-refractivity contribution in [2.75, 3.05) is 18.0 Å². The van der Waals surface area contributed by atoms with E-state index in [2.05, 4.69) is 4.99 Å². The number of carbonyl (C=O) groups is 1. The molecule has 1 aliphatic rings. The first kappa shape index (κ1) is 17.4. The van der Waals surface area contributed by atoms with Gasteiger partial charge in [-0.25, -0.2) is 8.78 Å². The van der Waals surface area contributed by atoms with Gasteiger partial charge < -0.3 is 10.0 Å². The zero-order valence-corrected chi connectivity index (χ0v) is 14.2. The van der Waals surface area contributed by atoms with Gasteiger partial charge in [-0.15, -0.1) is 0 Å². The number of aliphatic carboxylic acids is 1. The maximum Gasteiger partial charge on any atom is 0.323 e. The van der Waals surface area contributed by atoms with Gasteiger partial charge in [0.25, 0.3) is 0 Å². The standard InChI is InChI=1S/C17H11ClF2N2O2S/c18-9-4-5-13-10(6-9)17(16-11(19)2-1-3-12(16)20)21-7-14(25)22(13)8-15(23)24/h1-6H,7-8H2,(H,23,24). The third kappa shape index (κ3) is 3.38. The van der Waals surface area contributed by atoms with Gasteiger partial charge in [0.1, 0.15) is 23.2 Å². The van der Waals surface area contributed by atoms with Gasteiger partial charge in [0.2, 0.25) is 0 Å². The van der Waals surface area contributed by atoms with E-state index in [4.69, 9.17) is 28.9 Å². The fraction of sp³-hybridized carbons (Fsp3) is 0.118. The van der Waals surface area contributed by atoms with Crippen LogP contribution in [0.5, 0.6) is 0 Å². The van der Waals surface area contributed by atoms with E-state index in [1.54, 1.807) is 12.1 Å². The monoisotopic (exact) mass is 380 g/mol. The highest BCUT2D eigenvalue weighted by Crippen LogP contribution is 2.31. The first-order chi connectivity index (χ1) is 11.9. The van der Waals surface area contributed by atoms with Gasteiger partial charge in [0.05, 0.1) is 23.5 Å². The molecular formula is C17H11ClF2N2O2S.